The summed E-state index contributed by atoms with van der Waals surface area (Å²) in [6.45, 7) is 8.67. The zero-order valence-corrected chi connectivity index (χ0v) is 21.4. The van der Waals surface area contributed by atoms with E-state index in [-0.39, 0.29) is 18.0 Å². The molecule has 9 heteroatoms. The summed E-state index contributed by atoms with van der Waals surface area (Å²) in [6.07, 6.45) is 4.30. The number of hydrogen-bond donors (Lipinski definition) is 3. The summed E-state index contributed by atoms with van der Waals surface area (Å²) in [5.74, 6) is 0.780. The highest BCUT2D eigenvalue weighted by molar-refractivity contribution is 5.85. The standard InChI is InChI=1S/C26H34N4O4.ClH/c1-16(2)10-22(26(32)33)27-13-19-4-5-21-23(12-19)30(15-18-6-8-34-9-7-18)24(29-21)20-11-17(3)25(31)28-14-20;/h4-5,11-12,14,16,18,22,27H,6-10,13,15H2,1-3H3,(H,28,31)(H,32,33);1H/t22-;/m0./s1. The molecule has 1 saturated heterocycles. The van der Waals surface area contributed by atoms with Crippen molar-refractivity contribution in [2.75, 3.05) is 13.2 Å². The molecule has 2 aromatic heterocycles. The highest BCUT2D eigenvalue weighted by atomic mass is 35.5. The van der Waals surface area contributed by atoms with Crippen LogP contribution in [0.5, 0.6) is 0 Å². The van der Waals surface area contributed by atoms with E-state index in [0.29, 0.717) is 30.4 Å². The predicted molar refractivity (Wildman–Crippen MR) is 139 cm³/mol. The van der Waals surface area contributed by atoms with Crippen molar-refractivity contribution in [1.29, 1.82) is 0 Å². The molecule has 3 aromatic rings. The summed E-state index contributed by atoms with van der Waals surface area (Å²) < 4.78 is 7.79. The third-order valence-corrected chi connectivity index (χ3v) is 6.50. The second kappa shape index (κ2) is 11.8. The fraction of sp³-hybridized carbons (Fsp3) is 0.500. The summed E-state index contributed by atoms with van der Waals surface area (Å²) in [5, 5.41) is 12.8. The molecule has 1 fully saturated rings. The molecule has 35 heavy (non-hydrogen) atoms. The van der Waals surface area contributed by atoms with Gasteiger partial charge in [-0.15, -0.1) is 12.4 Å². The van der Waals surface area contributed by atoms with Crippen LogP contribution >= 0.6 is 12.4 Å². The van der Waals surface area contributed by atoms with Gasteiger partial charge in [-0.3, -0.25) is 9.59 Å². The second-order valence-electron chi connectivity index (χ2n) is 9.73. The van der Waals surface area contributed by atoms with E-state index in [1.807, 2.05) is 32.0 Å². The molecule has 3 heterocycles. The lowest BCUT2D eigenvalue weighted by molar-refractivity contribution is -0.140. The number of rotatable bonds is 9. The molecule has 190 valence electrons. The Labute approximate surface area is 211 Å². The topological polar surface area (TPSA) is 109 Å². The van der Waals surface area contributed by atoms with Crippen LogP contribution < -0.4 is 10.9 Å². The maximum Gasteiger partial charge on any atom is 0.320 e. The van der Waals surface area contributed by atoms with E-state index in [1.165, 1.54) is 0 Å². The second-order valence-corrected chi connectivity index (χ2v) is 9.73. The van der Waals surface area contributed by atoms with Gasteiger partial charge in [-0.2, -0.15) is 0 Å². The number of fused-ring (bicyclic) bond motifs is 1. The van der Waals surface area contributed by atoms with Gasteiger partial charge in [-0.1, -0.05) is 19.9 Å². The summed E-state index contributed by atoms with van der Waals surface area (Å²) in [5.41, 5.74) is 4.34. The Morgan fingerprint density at radius 1 is 1.29 bits per heavy atom. The molecule has 8 nitrogen and oxygen atoms in total. The molecular weight excluding hydrogens is 468 g/mol. The fourth-order valence-electron chi connectivity index (χ4n) is 4.58. The van der Waals surface area contributed by atoms with E-state index in [4.69, 9.17) is 9.72 Å². The molecule has 0 unspecified atom stereocenters. The molecule has 1 atom stereocenters. The van der Waals surface area contributed by atoms with Crippen molar-refractivity contribution in [2.45, 2.75) is 59.2 Å². The molecule has 0 saturated carbocycles. The van der Waals surface area contributed by atoms with Crippen molar-refractivity contribution in [1.82, 2.24) is 19.9 Å². The van der Waals surface area contributed by atoms with Crippen LogP contribution in [0.2, 0.25) is 0 Å². The fourth-order valence-corrected chi connectivity index (χ4v) is 4.58. The van der Waals surface area contributed by atoms with Crippen molar-refractivity contribution in [3.05, 3.63) is 51.9 Å². The number of aryl methyl sites for hydroxylation is 1. The number of aliphatic carboxylic acids is 1. The normalized spacial score (nSPS) is 15.3. The molecule has 3 N–H and O–H groups in total. The number of aromatic nitrogens is 3. The van der Waals surface area contributed by atoms with E-state index < -0.39 is 12.0 Å². The molecule has 1 aliphatic rings. The zero-order chi connectivity index (χ0) is 24.2. The predicted octanol–water partition coefficient (Wildman–Crippen LogP) is 4.14. The van der Waals surface area contributed by atoms with Crippen molar-refractivity contribution >= 4 is 29.4 Å². The summed E-state index contributed by atoms with van der Waals surface area (Å²) in [4.78, 5) is 31.3. The minimum atomic E-state index is -0.824. The lowest BCUT2D eigenvalue weighted by Gasteiger charge is -2.23. The van der Waals surface area contributed by atoms with Gasteiger partial charge in [0.05, 0.1) is 11.0 Å². The minimum absolute atomic E-state index is 0. The SMILES string of the molecule is Cc1cc(-c2nc3ccc(CN[C@@H](CC(C)C)C(=O)O)cc3n2CC2CCOCC2)c[nH]c1=O.Cl. The number of carbonyl (C=O) groups is 1. The summed E-state index contributed by atoms with van der Waals surface area (Å²) >= 11 is 0. The van der Waals surface area contributed by atoms with Crippen LogP contribution in [0, 0.1) is 18.8 Å². The number of benzene rings is 1. The van der Waals surface area contributed by atoms with Crippen LogP contribution in [0.1, 0.15) is 44.2 Å². The maximum absolute atomic E-state index is 11.9. The van der Waals surface area contributed by atoms with Gasteiger partial charge in [0.1, 0.15) is 11.9 Å². The molecule has 0 aliphatic carbocycles. The number of nitrogens with zero attached hydrogens (tertiary/aromatic N) is 2. The number of halogens is 1. The number of aromatic amines is 1. The van der Waals surface area contributed by atoms with Gasteiger partial charge in [0.15, 0.2) is 0 Å². The molecule has 1 aromatic carbocycles. The average molecular weight is 503 g/mol. The number of pyridine rings is 1. The van der Waals surface area contributed by atoms with Crippen LogP contribution in [-0.2, 0) is 22.6 Å². The van der Waals surface area contributed by atoms with Gasteiger partial charge in [0.2, 0.25) is 0 Å². The van der Waals surface area contributed by atoms with Crippen LogP contribution in [0.25, 0.3) is 22.4 Å². The van der Waals surface area contributed by atoms with Crippen LogP contribution in [-0.4, -0.2) is 44.9 Å². The molecule has 0 spiro atoms. The van der Waals surface area contributed by atoms with E-state index in [1.54, 1.807) is 13.1 Å². The molecule has 0 radical (unpaired) electrons. The Hall–Kier alpha value is -2.68. The first kappa shape index (κ1) is 26.9. The number of imidazole rings is 1. The molecule has 1 aliphatic heterocycles. The third-order valence-electron chi connectivity index (χ3n) is 6.50. The Morgan fingerprint density at radius 3 is 2.69 bits per heavy atom. The first-order chi connectivity index (χ1) is 16.3. The van der Waals surface area contributed by atoms with Gasteiger partial charge in [0, 0.05) is 43.6 Å². The molecule has 0 amide bonds. The van der Waals surface area contributed by atoms with E-state index in [2.05, 4.69) is 20.9 Å². The quantitative estimate of drug-likeness (QED) is 0.406. The summed E-state index contributed by atoms with van der Waals surface area (Å²) in [6, 6.07) is 7.39. The minimum Gasteiger partial charge on any atom is -0.480 e. The van der Waals surface area contributed by atoms with Gasteiger partial charge >= 0.3 is 5.97 Å². The lowest BCUT2D eigenvalue weighted by Crippen LogP contribution is -2.37. The number of H-pyrrole nitrogens is 1. The van der Waals surface area contributed by atoms with Gasteiger partial charge in [-0.25, -0.2) is 4.98 Å². The monoisotopic (exact) mass is 502 g/mol. The molecular formula is C26H35ClN4O4. The Balaban J connectivity index is 0.00000342. The van der Waals surface area contributed by atoms with E-state index in [0.717, 1.165) is 60.6 Å². The highest BCUT2D eigenvalue weighted by Crippen LogP contribution is 2.28. The number of carboxylic acids is 1. The van der Waals surface area contributed by atoms with Crippen molar-refractivity contribution < 1.29 is 14.6 Å². The van der Waals surface area contributed by atoms with Crippen molar-refractivity contribution in [2.24, 2.45) is 11.8 Å². The van der Waals surface area contributed by atoms with Gasteiger partial charge in [-0.05, 0) is 61.8 Å². The Kier molecular flexibility index (Phi) is 9.10. The highest BCUT2D eigenvalue weighted by Gasteiger charge is 2.21. The van der Waals surface area contributed by atoms with Crippen molar-refractivity contribution in [3.63, 3.8) is 0 Å². The van der Waals surface area contributed by atoms with E-state index in [9.17, 15) is 14.7 Å². The first-order valence-electron chi connectivity index (χ1n) is 12.0. The van der Waals surface area contributed by atoms with Gasteiger partial charge < -0.3 is 24.7 Å². The Bertz CT molecular complexity index is 1210. The van der Waals surface area contributed by atoms with Crippen LogP contribution in [0.4, 0.5) is 0 Å². The van der Waals surface area contributed by atoms with Crippen LogP contribution in [0.15, 0.2) is 35.3 Å². The molecule has 0 bridgehead atoms. The van der Waals surface area contributed by atoms with Crippen molar-refractivity contribution in [3.8, 4) is 11.4 Å². The first-order valence-corrected chi connectivity index (χ1v) is 12.0. The largest absolute Gasteiger partial charge is 0.480 e. The number of hydrogen-bond acceptors (Lipinski definition) is 5. The lowest BCUT2D eigenvalue weighted by atomic mass is 10.00. The number of carboxylic acid groups (broad SMARTS) is 1. The summed E-state index contributed by atoms with van der Waals surface area (Å²) in [7, 11) is 0. The van der Waals surface area contributed by atoms with Gasteiger partial charge in [0.25, 0.3) is 5.56 Å². The molecule has 4 rings (SSSR count). The number of nitrogens with one attached hydrogen (secondary N) is 2. The zero-order valence-electron chi connectivity index (χ0n) is 20.5. The van der Waals surface area contributed by atoms with E-state index >= 15 is 0 Å². The Morgan fingerprint density at radius 2 is 2.03 bits per heavy atom. The smallest absolute Gasteiger partial charge is 0.320 e. The maximum atomic E-state index is 11.9. The average Bonchev–Trinajstić information content (AvgIpc) is 3.16. The van der Waals surface area contributed by atoms with Crippen LogP contribution in [0.3, 0.4) is 0 Å². The third kappa shape index (κ3) is 6.51. The number of ether oxygens (including phenoxy) is 1.